The Labute approximate surface area is 149 Å². The number of esters is 1. The fourth-order valence-corrected chi connectivity index (χ4v) is 3.83. The largest absolute Gasteiger partial charge is 0.468 e. The van der Waals surface area contributed by atoms with Gasteiger partial charge in [0.25, 0.3) is 0 Å². The SMILES string of the molecule is COC(=O)[C@@H]1CN(C(=O)CN(C)Cc2ccc(Br)cc2)CCS1. The molecule has 0 spiro atoms. The second-order valence-corrected chi connectivity index (χ2v) is 7.75. The molecule has 2 rings (SSSR count). The van der Waals surface area contributed by atoms with E-state index in [4.69, 9.17) is 4.74 Å². The van der Waals surface area contributed by atoms with Crippen LogP contribution in [0.2, 0.25) is 0 Å². The molecule has 1 amide bonds. The van der Waals surface area contributed by atoms with Crippen LogP contribution >= 0.6 is 27.7 Å². The van der Waals surface area contributed by atoms with E-state index in [0.29, 0.717) is 26.2 Å². The zero-order valence-electron chi connectivity index (χ0n) is 13.3. The number of carbonyl (C=O) groups excluding carboxylic acids is 2. The average molecular weight is 401 g/mol. The number of benzene rings is 1. The second-order valence-electron chi connectivity index (χ2n) is 5.52. The number of carbonyl (C=O) groups is 2. The molecule has 0 bridgehead atoms. The van der Waals surface area contributed by atoms with Crippen molar-refractivity contribution in [1.29, 1.82) is 0 Å². The second kappa shape index (κ2) is 8.70. The van der Waals surface area contributed by atoms with Crippen LogP contribution in [-0.4, -0.2) is 66.5 Å². The number of likely N-dealkylation sites (N-methyl/N-ethyl adjacent to an activating group) is 1. The molecule has 0 radical (unpaired) electrons. The van der Waals surface area contributed by atoms with Crippen molar-refractivity contribution >= 4 is 39.6 Å². The van der Waals surface area contributed by atoms with Crippen molar-refractivity contribution in [2.45, 2.75) is 11.8 Å². The molecular formula is C16H21BrN2O3S. The number of halogens is 1. The number of ether oxygens (including phenoxy) is 1. The van der Waals surface area contributed by atoms with Gasteiger partial charge in [-0.25, -0.2) is 0 Å². The first kappa shape index (κ1) is 18.3. The highest BCUT2D eigenvalue weighted by Crippen LogP contribution is 2.20. The van der Waals surface area contributed by atoms with Crippen molar-refractivity contribution in [2.75, 3.05) is 39.5 Å². The first-order valence-electron chi connectivity index (χ1n) is 7.40. The van der Waals surface area contributed by atoms with Crippen LogP contribution in [0.3, 0.4) is 0 Å². The number of nitrogens with zero attached hydrogens (tertiary/aromatic N) is 2. The predicted octanol–water partition coefficient (Wildman–Crippen LogP) is 2.00. The standard InChI is InChI=1S/C16H21BrN2O3S/c1-18(9-12-3-5-13(17)6-4-12)11-15(20)19-7-8-23-14(10-19)16(21)22-2/h3-6,14H,7-11H2,1-2H3/t14-/m0/s1. The minimum Gasteiger partial charge on any atom is -0.468 e. The van der Waals surface area contributed by atoms with Gasteiger partial charge < -0.3 is 9.64 Å². The van der Waals surface area contributed by atoms with Crippen molar-refractivity contribution in [1.82, 2.24) is 9.80 Å². The fourth-order valence-electron chi connectivity index (χ4n) is 2.44. The topological polar surface area (TPSA) is 49.9 Å². The van der Waals surface area contributed by atoms with Crippen molar-refractivity contribution < 1.29 is 14.3 Å². The van der Waals surface area contributed by atoms with E-state index >= 15 is 0 Å². The van der Waals surface area contributed by atoms with Crippen molar-refractivity contribution in [3.05, 3.63) is 34.3 Å². The molecule has 1 aliphatic rings. The number of rotatable bonds is 5. The monoisotopic (exact) mass is 400 g/mol. The van der Waals surface area contributed by atoms with Crippen LogP contribution in [-0.2, 0) is 20.9 Å². The van der Waals surface area contributed by atoms with Crippen LogP contribution < -0.4 is 0 Å². The summed E-state index contributed by atoms with van der Waals surface area (Å²) in [4.78, 5) is 27.8. The summed E-state index contributed by atoms with van der Waals surface area (Å²) in [5.74, 6) is 0.566. The van der Waals surface area contributed by atoms with Crippen LogP contribution in [0.15, 0.2) is 28.7 Å². The molecule has 1 aromatic rings. The summed E-state index contributed by atoms with van der Waals surface area (Å²) in [6, 6.07) is 8.06. The Morgan fingerprint density at radius 3 is 2.74 bits per heavy atom. The molecule has 0 saturated carbocycles. The number of hydrogen-bond acceptors (Lipinski definition) is 5. The Kier molecular flexibility index (Phi) is 6.92. The lowest BCUT2D eigenvalue weighted by molar-refractivity contribution is -0.141. The van der Waals surface area contributed by atoms with E-state index in [2.05, 4.69) is 15.9 Å². The summed E-state index contributed by atoms with van der Waals surface area (Å²) >= 11 is 4.97. The van der Waals surface area contributed by atoms with E-state index in [0.717, 1.165) is 15.8 Å². The van der Waals surface area contributed by atoms with E-state index in [-0.39, 0.29) is 17.1 Å². The number of thioether (sulfide) groups is 1. The summed E-state index contributed by atoms with van der Waals surface area (Å²) in [6.45, 7) is 2.17. The van der Waals surface area contributed by atoms with Crippen LogP contribution in [0.4, 0.5) is 0 Å². The molecule has 23 heavy (non-hydrogen) atoms. The van der Waals surface area contributed by atoms with Crippen LogP contribution in [0, 0.1) is 0 Å². The normalized spacial score (nSPS) is 18.1. The molecule has 1 atom stereocenters. The third-order valence-electron chi connectivity index (χ3n) is 3.65. The Bertz CT molecular complexity index is 553. The van der Waals surface area contributed by atoms with Gasteiger partial charge in [-0.1, -0.05) is 28.1 Å². The molecule has 1 heterocycles. The minimum absolute atomic E-state index is 0.0545. The summed E-state index contributed by atoms with van der Waals surface area (Å²) in [5, 5.41) is -0.269. The van der Waals surface area contributed by atoms with Gasteiger partial charge in [-0.15, -0.1) is 11.8 Å². The lowest BCUT2D eigenvalue weighted by atomic mass is 10.2. The quantitative estimate of drug-likeness (QED) is 0.707. The zero-order chi connectivity index (χ0) is 16.8. The molecule has 0 N–H and O–H groups in total. The van der Waals surface area contributed by atoms with E-state index in [9.17, 15) is 9.59 Å². The highest BCUT2D eigenvalue weighted by Gasteiger charge is 2.29. The summed E-state index contributed by atoms with van der Waals surface area (Å²) in [5.41, 5.74) is 1.16. The summed E-state index contributed by atoms with van der Waals surface area (Å²) in [7, 11) is 3.31. The number of methoxy groups -OCH3 is 1. The Hall–Kier alpha value is -1.05. The van der Waals surface area contributed by atoms with Gasteiger partial charge in [-0.3, -0.25) is 14.5 Å². The first-order valence-corrected chi connectivity index (χ1v) is 9.24. The van der Waals surface area contributed by atoms with Crippen LogP contribution in [0.25, 0.3) is 0 Å². The van der Waals surface area contributed by atoms with Crippen molar-refractivity contribution in [3.63, 3.8) is 0 Å². The minimum atomic E-state index is -0.269. The Morgan fingerprint density at radius 2 is 2.09 bits per heavy atom. The van der Waals surface area contributed by atoms with Crippen LogP contribution in [0.5, 0.6) is 0 Å². The molecule has 126 valence electrons. The highest BCUT2D eigenvalue weighted by atomic mass is 79.9. The molecule has 1 fully saturated rings. The Morgan fingerprint density at radius 1 is 1.39 bits per heavy atom. The predicted molar refractivity (Wildman–Crippen MR) is 95.3 cm³/mol. The maximum absolute atomic E-state index is 12.4. The lowest BCUT2D eigenvalue weighted by Crippen LogP contribution is -2.47. The maximum Gasteiger partial charge on any atom is 0.320 e. The molecule has 0 aromatic heterocycles. The summed E-state index contributed by atoms with van der Waals surface area (Å²) < 4.78 is 5.82. The van der Waals surface area contributed by atoms with Gasteiger partial charge >= 0.3 is 5.97 Å². The molecule has 7 heteroatoms. The van der Waals surface area contributed by atoms with E-state index < -0.39 is 0 Å². The van der Waals surface area contributed by atoms with E-state index in [1.165, 1.54) is 7.11 Å². The highest BCUT2D eigenvalue weighted by molar-refractivity contribution is 9.10. The van der Waals surface area contributed by atoms with Gasteiger partial charge in [0.1, 0.15) is 5.25 Å². The maximum atomic E-state index is 12.4. The molecule has 5 nitrogen and oxygen atoms in total. The third-order valence-corrected chi connectivity index (χ3v) is 5.34. The van der Waals surface area contributed by atoms with Gasteiger partial charge in [-0.05, 0) is 24.7 Å². The fraction of sp³-hybridized carbons (Fsp3) is 0.500. The van der Waals surface area contributed by atoms with E-state index in [1.807, 2.05) is 36.2 Å². The molecule has 0 aliphatic carbocycles. The van der Waals surface area contributed by atoms with Crippen molar-refractivity contribution in [3.8, 4) is 0 Å². The Balaban J connectivity index is 1.85. The molecule has 0 unspecified atom stereocenters. The zero-order valence-corrected chi connectivity index (χ0v) is 15.7. The van der Waals surface area contributed by atoms with Gasteiger partial charge in [0, 0.05) is 29.9 Å². The lowest BCUT2D eigenvalue weighted by Gasteiger charge is -2.32. The third kappa shape index (κ3) is 5.51. The van der Waals surface area contributed by atoms with E-state index in [1.54, 1.807) is 16.7 Å². The summed E-state index contributed by atoms with van der Waals surface area (Å²) in [6.07, 6.45) is 0. The number of amides is 1. The van der Waals surface area contributed by atoms with Gasteiger partial charge in [0.2, 0.25) is 5.91 Å². The first-order chi connectivity index (χ1) is 11.0. The van der Waals surface area contributed by atoms with Gasteiger partial charge in [0.15, 0.2) is 0 Å². The van der Waals surface area contributed by atoms with Crippen LogP contribution in [0.1, 0.15) is 5.56 Å². The molecule has 1 aromatic carbocycles. The molecule has 1 saturated heterocycles. The smallest absolute Gasteiger partial charge is 0.320 e. The number of hydrogen-bond donors (Lipinski definition) is 0. The molecule has 1 aliphatic heterocycles. The van der Waals surface area contributed by atoms with Crippen molar-refractivity contribution in [2.24, 2.45) is 0 Å². The molecular weight excluding hydrogens is 380 g/mol. The van der Waals surface area contributed by atoms with Gasteiger partial charge in [0.05, 0.1) is 13.7 Å². The van der Waals surface area contributed by atoms with Gasteiger partial charge in [-0.2, -0.15) is 0 Å². The average Bonchev–Trinajstić information content (AvgIpc) is 2.56.